The van der Waals surface area contributed by atoms with Crippen LogP contribution in [-0.2, 0) is 4.74 Å². The van der Waals surface area contributed by atoms with E-state index in [0.717, 1.165) is 28.6 Å². The molecule has 94 valence electrons. The lowest BCUT2D eigenvalue weighted by molar-refractivity contribution is 0.0920. The van der Waals surface area contributed by atoms with Gasteiger partial charge in [0.15, 0.2) is 5.78 Å². The van der Waals surface area contributed by atoms with Crippen molar-refractivity contribution in [3.63, 3.8) is 0 Å². The molecule has 0 saturated carbocycles. The molecule has 3 nitrogen and oxygen atoms in total. The lowest BCUT2D eigenvalue weighted by atomic mass is 10.0. The summed E-state index contributed by atoms with van der Waals surface area (Å²) in [4.78, 5) is 12.5. The highest BCUT2D eigenvalue weighted by atomic mass is 32.1. The summed E-state index contributed by atoms with van der Waals surface area (Å²) in [6.07, 6.45) is 0.915. The Labute approximate surface area is 110 Å². The number of carbonyl (C=O) groups is 1. The summed E-state index contributed by atoms with van der Waals surface area (Å²) in [7, 11) is 1.69. The number of thiophene rings is 1. The van der Waals surface area contributed by atoms with Crippen molar-refractivity contribution in [2.45, 2.75) is 18.6 Å². The molecule has 1 aliphatic heterocycles. The fraction of sp³-hybridized carbons (Fsp3) is 0.357. The van der Waals surface area contributed by atoms with Crippen LogP contribution in [0.5, 0.6) is 0 Å². The molecule has 1 aromatic heterocycles. The van der Waals surface area contributed by atoms with E-state index in [-0.39, 0.29) is 17.9 Å². The van der Waals surface area contributed by atoms with Crippen molar-refractivity contribution in [3.05, 3.63) is 35.2 Å². The molecular formula is C14H15NO2S. The summed E-state index contributed by atoms with van der Waals surface area (Å²) in [5.41, 5.74) is 0.830. The first kappa shape index (κ1) is 11.8. The normalized spacial score (nSPS) is 23.6. The van der Waals surface area contributed by atoms with Gasteiger partial charge >= 0.3 is 0 Å². The number of nitrogens with one attached hydrogen (secondary N) is 1. The summed E-state index contributed by atoms with van der Waals surface area (Å²) >= 11 is 1.63. The molecule has 0 amide bonds. The van der Waals surface area contributed by atoms with Gasteiger partial charge in [0.1, 0.15) is 0 Å². The molecule has 1 fully saturated rings. The van der Waals surface area contributed by atoms with Crippen LogP contribution < -0.4 is 5.32 Å². The third-order valence-electron chi connectivity index (χ3n) is 3.48. The maximum absolute atomic E-state index is 12.5. The summed E-state index contributed by atoms with van der Waals surface area (Å²) < 4.78 is 6.38. The number of fused-ring (bicyclic) bond motifs is 1. The number of benzene rings is 1. The van der Waals surface area contributed by atoms with Crippen molar-refractivity contribution in [1.29, 1.82) is 0 Å². The van der Waals surface area contributed by atoms with Crippen LogP contribution in [0.4, 0.5) is 0 Å². The summed E-state index contributed by atoms with van der Waals surface area (Å²) in [6.45, 7) is 0.757. The third kappa shape index (κ3) is 1.96. The maximum Gasteiger partial charge on any atom is 0.181 e. The number of methoxy groups -OCH3 is 1. The highest BCUT2D eigenvalue weighted by molar-refractivity contribution is 7.17. The maximum atomic E-state index is 12.5. The Morgan fingerprint density at radius 2 is 2.33 bits per heavy atom. The molecule has 2 aromatic rings. The van der Waals surface area contributed by atoms with Crippen LogP contribution in [0.15, 0.2) is 29.6 Å². The molecule has 4 heteroatoms. The molecule has 2 atom stereocenters. The zero-order chi connectivity index (χ0) is 12.5. The molecule has 0 spiro atoms. The van der Waals surface area contributed by atoms with E-state index in [9.17, 15) is 4.79 Å². The van der Waals surface area contributed by atoms with Gasteiger partial charge in [-0.25, -0.2) is 0 Å². The van der Waals surface area contributed by atoms with Crippen LogP contribution in [0.1, 0.15) is 16.8 Å². The van der Waals surface area contributed by atoms with E-state index in [0.29, 0.717) is 0 Å². The van der Waals surface area contributed by atoms with E-state index in [1.165, 1.54) is 0 Å². The van der Waals surface area contributed by atoms with Gasteiger partial charge in [-0.3, -0.25) is 4.79 Å². The van der Waals surface area contributed by atoms with Gasteiger partial charge < -0.3 is 10.1 Å². The first-order valence-corrected chi connectivity index (χ1v) is 6.94. The first-order chi connectivity index (χ1) is 8.79. The van der Waals surface area contributed by atoms with Crippen LogP contribution >= 0.6 is 11.3 Å². The lowest BCUT2D eigenvalue weighted by Gasteiger charge is -2.10. The predicted octanol–water partition coefficient (Wildman–Crippen LogP) is 2.46. The van der Waals surface area contributed by atoms with E-state index >= 15 is 0 Å². The second-order valence-electron chi connectivity index (χ2n) is 4.56. The topological polar surface area (TPSA) is 38.3 Å². The number of ether oxygens (including phenoxy) is 1. The number of rotatable bonds is 3. The van der Waals surface area contributed by atoms with Crippen molar-refractivity contribution >= 4 is 27.2 Å². The highest BCUT2D eigenvalue weighted by Gasteiger charge is 2.30. The Hall–Kier alpha value is -1.23. The van der Waals surface area contributed by atoms with Gasteiger partial charge in [-0.15, -0.1) is 11.3 Å². The van der Waals surface area contributed by atoms with Gasteiger partial charge in [0.2, 0.25) is 0 Å². The number of Topliss-reactive ketones (excluding diaryl/α,β-unsaturated/α-hetero) is 1. The smallest absolute Gasteiger partial charge is 0.181 e. The van der Waals surface area contributed by atoms with Crippen LogP contribution in [-0.4, -0.2) is 31.6 Å². The van der Waals surface area contributed by atoms with Crippen LogP contribution in [0.3, 0.4) is 0 Å². The standard InChI is InChI=1S/C14H15NO2S/c1-17-10-7-12(15-8-10)13(16)11-4-2-3-9-5-6-18-14(9)11/h2-6,10,12,15H,7-8H2,1H3. The Morgan fingerprint density at radius 1 is 1.44 bits per heavy atom. The van der Waals surface area contributed by atoms with Crippen molar-refractivity contribution in [3.8, 4) is 0 Å². The van der Waals surface area contributed by atoms with Gasteiger partial charge in [-0.2, -0.15) is 0 Å². The van der Waals surface area contributed by atoms with E-state index in [2.05, 4.69) is 11.4 Å². The second kappa shape index (κ2) is 4.80. The molecule has 18 heavy (non-hydrogen) atoms. The molecule has 0 bridgehead atoms. The number of hydrogen-bond acceptors (Lipinski definition) is 4. The molecule has 3 rings (SSSR count). The number of ketones is 1. The molecule has 1 aromatic carbocycles. The third-order valence-corrected chi connectivity index (χ3v) is 4.45. The number of hydrogen-bond donors (Lipinski definition) is 1. The van der Waals surface area contributed by atoms with Crippen LogP contribution in [0.2, 0.25) is 0 Å². The van der Waals surface area contributed by atoms with E-state index in [1.54, 1.807) is 18.4 Å². The van der Waals surface area contributed by atoms with E-state index in [4.69, 9.17) is 4.74 Å². The average Bonchev–Trinajstić information content (AvgIpc) is 3.05. The van der Waals surface area contributed by atoms with E-state index in [1.807, 2.05) is 23.6 Å². The molecular weight excluding hydrogens is 246 g/mol. The molecule has 0 aliphatic carbocycles. The van der Waals surface area contributed by atoms with Crippen molar-refractivity contribution in [1.82, 2.24) is 5.32 Å². The number of carbonyl (C=O) groups excluding carboxylic acids is 1. The Morgan fingerprint density at radius 3 is 3.11 bits per heavy atom. The molecule has 2 unspecified atom stereocenters. The fourth-order valence-corrected chi connectivity index (χ4v) is 3.38. The minimum Gasteiger partial charge on any atom is -0.380 e. The molecule has 1 N–H and O–H groups in total. The Kier molecular flexibility index (Phi) is 3.16. The van der Waals surface area contributed by atoms with Crippen molar-refractivity contribution < 1.29 is 9.53 Å². The van der Waals surface area contributed by atoms with Gasteiger partial charge in [0.05, 0.1) is 12.1 Å². The average molecular weight is 261 g/mol. The molecule has 1 aliphatic rings. The van der Waals surface area contributed by atoms with Crippen LogP contribution in [0.25, 0.3) is 10.1 Å². The SMILES string of the molecule is COC1CNC(C(=O)c2cccc3ccsc23)C1. The van der Waals surface area contributed by atoms with E-state index < -0.39 is 0 Å². The van der Waals surface area contributed by atoms with Gasteiger partial charge in [0.25, 0.3) is 0 Å². The van der Waals surface area contributed by atoms with Gasteiger partial charge in [0, 0.05) is 23.9 Å². The zero-order valence-electron chi connectivity index (χ0n) is 10.2. The summed E-state index contributed by atoms with van der Waals surface area (Å²) in [5, 5.41) is 6.42. The quantitative estimate of drug-likeness (QED) is 0.863. The summed E-state index contributed by atoms with van der Waals surface area (Å²) in [5.74, 6) is 0.183. The van der Waals surface area contributed by atoms with Crippen LogP contribution in [0, 0.1) is 0 Å². The summed E-state index contributed by atoms with van der Waals surface area (Å²) in [6, 6.07) is 7.86. The molecule has 0 radical (unpaired) electrons. The lowest BCUT2D eigenvalue weighted by Crippen LogP contribution is -2.30. The van der Waals surface area contributed by atoms with Gasteiger partial charge in [-0.1, -0.05) is 12.1 Å². The minimum atomic E-state index is -0.109. The largest absolute Gasteiger partial charge is 0.380 e. The molecule has 1 saturated heterocycles. The zero-order valence-corrected chi connectivity index (χ0v) is 11.0. The minimum absolute atomic E-state index is 0.109. The van der Waals surface area contributed by atoms with Crippen molar-refractivity contribution in [2.75, 3.05) is 13.7 Å². The monoisotopic (exact) mass is 261 g/mol. The Bertz CT molecular complexity index is 578. The predicted molar refractivity (Wildman–Crippen MR) is 73.4 cm³/mol. The fourth-order valence-electron chi connectivity index (χ4n) is 2.46. The van der Waals surface area contributed by atoms with Crippen molar-refractivity contribution in [2.24, 2.45) is 0 Å². The highest BCUT2D eigenvalue weighted by Crippen LogP contribution is 2.27. The first-order valence-electron chi connectivity index (χ1n) is 6.06. The van der Waals surface area contributed by atoms with Gasteiger partial charge in [-0.05, 0) is 29.3 Å². The Balaban J connectivity index is 1.90. The second-order valence-corrected chi connectivity index (χ2v) is 5.48. The molecule has 2 heterocycles.